The van der Waals surface area contributed by atoms with Crippen molar-refractivity contribution < 1.29 is 15.7 Å². The minimum Gasteiger partial charge on any atom is -0.379 e. The van der Waals surface area contributed by atoms with Crippen molar-refractivity contribution in [3.8, 4) is 0 Å². The summed E-state index contributed by atoms with van der Waals surface area (Å²) >= 11 is 0. The first-order valence-electron chi connectivity index (χ1n) is 3.67. The first-order chi connectivity index (χ1) is 5.31. The lowest BCUT2D eigenvalue weighted by atomic mass is 10.7. The Hall–Kier alpha value is -0.610. The van der Waals surface area contributed by atoms with Gasteiger partial charge in [-0.25, -0.2) is 0 Å². The molecule has 0 aromatic heterocycles. The molecule has 0 rings (SSSR count). The summed E-state index contributed by atoms with van der Waals surface area (Å²) in [6, 6.07) is 0. The summed E-state index contributed by atoms with van der Waals surface area (Å²) in [7, 11) is 0. The fourth-order valence-electron chi connectivity index (χ4n) is 0.427. The molecule has 0 aliphatic carbocycles. The molecule has 2 N–H and O–H groups in total. The summed E-state index contributed by atoms with van der Waals surface area (Å²) in [6.07, 6.45) is 0. The Balaban J connectivity index is 2.95. The largest absolute Gasteiger partial charge is 0.379 e. The van der Waals surface area contributed by atoms with Crippen LogP contribution in [0.3, 0.4) is 0 Å². The van der Waals surface area contributed by atoms with Gasteiger partial charge in [-0.2, -0.15) is 0 Å². The van der Waals surface area contributed by atoms with Gasteiger partial charge in [-0.1, -0.05) is 0 Å². The number of nitrogens with two attached hydrogens (primary N) is 1. The molecule has 0 atom stereocenters. The first kappa shape index (κ1) is 7.50. The Bertz CT molecular complexity index is 110. The molecule has 0 aliphatic rings. The maximum Gasteiger partial charge on any atom is 0.243 e. The van der Waals surface area contributed by atoms with Crippen molar-refractivity contribution in [2.45, 2.75) is 6.92 Å². The molecule has 0 unspecified atom stereocenters. The predicted octanol–water partition coefficient (Wildman–Crippen LogP) is -0.475. The Morgan fingerprint density at radius 1 is 1.60 bits per heavy atom. The van der Waals surface area contributed by atoms with Gasteiger partial charge in [-0.3, -0.25) is 4.79 Å². The minimum atomic E-state index is -0.443. The molecule has 0 bridgehead atoms. The Kier molecular flexibility index (Phi) is 4.88. The van der Waals surface area contributed by atoms with E-state index in [-0.39, 0.29) is 6.61 Å². The summed E-state index contributed by atoms with van der Waals surface area (Å²) in [6.45, 7) is 3.34. The molecule has 0 saturated heterocycles. The normalized spacial score (nSPS) is 10.7. The molecule has 0 fully saturated rings. The van der Waals surface area contributed by atoms with Crippen LogP contribution in [0.15, 0.2) is 0 Å². The topological polar surface area (TPSA) is 61.6 Å². The van der Waals surface area contributed by atoms with Crippen molar-refractivity contribution in [3.63, 3.8) is 0 Å². The van der Waals surface area contributed by atoms with Crippen molar-refractivity contribution >= 4 is 5.91 Å². The van der Waals surface area contributed by atoms with Gasteiger partial charge >= 0.3 is 0 Å². The molecule has 0 heterocycles. The maximum absolute atomic E-state index is 10.4. The molecule has 1 amide bonds. The SMILES string of the molecule is [3H]NC(=O)COCCOCC. The minimum absolute atomic E-state index is 0.0728. The van der Waals surface area contributed by atoms with Gasteiger partial charge in [0, 0.05) is 6.61 Å². The van der Waals surface area contributed by atoms with E-state index in [9.17, 15) is 4.79 Å². The molecule has 0 aromatic carbocycles. The molecule has 10 heavy (non-hydrogen) atoms. The molecule has 0 spiro atoms. The monoisotopic (exact) mass is 149 g/mol. The average molecular weight is 149 g/mol. The van der Waals surface area contributed by atoms with Crippen LogP contribution < -0.4 is 5.73 Å². The highest BCUT2D eigenvalue weighted by Gasteiger charge is 1.91. The summed E-state index contributed by atoms with van der Waals surface area (Å²) in [5.41, 5.74) is 1.70. The molecule has 0 aliphatic heterocycles. The van der Waals surface area contributed by atoms with Crippen molar-refractivity contribution in [2.24, 2.45) is 5.73 Å². The second-order valence-electron chi connectivity index (χ2n) is 1.67. The van der Waals surface area contributed by atoms with Gasteiger partial charge in [0.15, 0.2) is 1.41 Å². The van der Waals surface area contributed by atoms with Crippen LogP contribution in [0.2, 0.25) is 1.41 Å². The lowest BCUT2D eigenvalue weighted by Crippen LogP contribution is -2.19. The molecule has 4 nitrogen and oxygen atoms in total. The fourth-order valence-corrected chi connectivity index (χ4v) is 0.427. The lowest BCUT2D eigenvalue weighted by molar-refractivity contribution is -0.123. The molecular weight excluding hydrogens is 134 g/mol. The third kappa shape index (κ3) is 7.39. The second-order valence-corrected chi connectivity index (χ2v) is 1.67. The van der Waals surface area contributed by atoms with Crippen LogP contribution in [0, 0.1) is 0 Å². The molecule has 4 heteroatoms. The van der Waals surface area contributed by atoms with E-state index in [2.05, 4.69) is 0 Å². The van der Waals surface area contributed by atoms with E-state index in [1.807, 2.05) is 6.92 Å². The lowest BCUT2D eigenvalue weighted by Gasteiger charge is -2.00. The average Bonchev–Trinajstić information content (AvgIpc) is 2.04. The highest BCUT2D eigenvalue weighted by Crippen LogP contribution is 1.76. The van der Waals surface area contributed by atoms with Gasteiger partial charge in [0.1, 0.15) is 6.61 Å². The van der Waals surface area contributed by atoms with E-state index in [0.29, 0.717) is 19.8 Å². The van der Waals surface area contributed by atoms with Crippen LogP contribution in [0.5, 0.6) is 0 Å². The van der Waals surface area contributed by atoms with E-state index in [4.69, 9.17) is 10.9 Å². The summed E-state index contributed by atoms with van der Waals surface area (Å²) < 4.78 is 16.2. The van der Waals surface area contributed by atoms with E-state index >= 15 is 0 Å². The highest BCUT2D eigenvalue weighted by atomic mass is 16.5. The Morgan fingerprint density at radius 3 is 2.90 bits per heavy atom. The highest BCUT2D eigenvalue weighted by molar-refractivity contribution is 5.74. The zero-order chi connectivity index (χ0) is 8.53. The summed E-state index contributed by atoms with van der Waals surface area (Å²) in [4.78, 5) is 10.4. The summed E-state index contributed by atoms with van der Waals surface area (Å²) in [5, 5.41) is 0. The fraction of sp³-hybridized carbons (Fsp3) is 0.833. The Morgan fingerprint density at radius 2 is 2.30 bits per heavy atom. The number of primary amides is 1. The number of carbonyl (C=O) groups excluding carboxylic acids is 1. The van der Waals surface area contributed by atoms with Gasteiger partial charge in [-0.05, 0) is 6.92 Å². The zero-order valence-electron chi connectivity index (χ0n) is 7.05. The molecule has 0 aromatic rings. The van der Waals surface area contributed by atoms with Gasteiger partial charge in [-0.15, -0.1) is 0 Å². The first-order valence-corrected chi connectivity index (χ1v) is 3.17. The van der Waals surface area contributed by atoms with E-state index < -0.39 is 5.91 Å². The second kappa shape index (κ2) is 6.51. The third-order valence-electron chi connectivity index (χ3n) is 0.809. The van der Waals surface area contributed by atoms with Gasteiger partial charge in [0.25, 0.3) is 0 Å². The predicted molar refractivity (Wildman–Crippen MR) is 36.5 cm³/mol. The van der Waals surface area contributed by atoms with Crippen molar-refractivity contribution in [1.82, 2.24) is 0 Å². The smallest absolute Gasteiger partial charge is 0.243 e. The zero-order valence-corrected chi connectivity index (χ0v) is 6.05. The van der Waals surface area contributed by atoms with Crippen LogP contribution in [0.4, 0.5) is 0 Å². The molecule has 0 saturated carbocycles. The van der Waals surface area contributed by atoms with Gasteiger partial charge in [0.05, 0.1) is 13.2 Å². The van der Waals surface area contributed by atoms with Crippen LogP contribution in [-0.2, 0) is 14.3 Å². The number of amides is 1. The molecular formula is C6H13NO3. The van der Waals surface area contributed by atoms with E-state index in [0.717, 1.165) is 0 Å². The van der Waals surface area contributed by atoms with Crippen LogP contribution in [0.25, 0.3) is 0 Å². The number of ether oxygens (including phenoxy) is 2. The standard InChI is InChI=1S/C6H13NO3/c1-2-9-3-4-10-5-6(7)8/h2-5H2,1H3,(H2,7,8)/i/hT. The number of rotatable bonds is 6. The van der Waals surface area contributed by atoms with Crippen LogP contribution in [-0.4, -0.2) is 32.3 Å². The van der Waals surface area contributed by atoms with Crippen LogP contribution >= 0.6 is 0 Å². The van der Waals surface area contributed by atoms with E-state index in [1.165, 1.54) is 0 Å². The Labute approximate surface area is 61.8 Å². The van der Waals surface area contributed by atoms with Crippen LogP contribution in [0.1, 0.15) is 6.92 Å². The third-order valence-corrected chi connectivity index (χ3v) is 0.809. The van der Waals surface area contributed by atoms with Gasteiger partial charge in [0.2, 0.25) is 5.91 Å². The quantitative estimate of drug-likeness (QED) is 0.519. The maximum atomic E-state index is 10.4. The van der Waals surface area contributed by atoms with E-state index in [1.54, 1.807) is 5.73 Å². The number of carbonyl (C=O) groups is 1. The molecule has 0 radical (unpaired) electrons. The van der Waals surface area contributed by atoms with Crippen molar-refractivity contribution in [2.75, 3.05) is 26.4 Å². The summed E-state index contributed by atoms with van der Waals surface area (Å²) in [5.74, 6) is -0.443. The number of hydrogen-bond acceptors (Lipinski definition) is 3. The van der Waals surface area contributed by atoms with Crippen molar-refractivity contribution in [3.05, 3.63) is 0 Å². The number of hydrogen-bond donors (Lipinski definition) is 1. The molecule has 60 valence electrons. The van der Waals surface area contributed by atoms with Gasteiger partial charge < -0.3 is 15.2 Å². The van der Waals surface area contributed by atoms with Crippen molar-refractivity contribution in [1.29, 1.82) is 0 Å².